The predicted molar refractivity (Wildman–Crippen MR) is 95.5 cm³/mol. The Labute approximate surface area is 148 Å². The van der Waals surface area contributed by atoms with Gasteiger partial charge in [-0.3, -0.25) is 4.79 Å². The minimum absolute atomic E-state index is 0.0297. The molecule has 0 aliphatic rings. The molecular weight excluding hydrogens is 335 g/mol. The first-order valence-corrected chi connectivity index (χ1v) is 8.22. The summed E-state index contributed by atoms with van der Waals surface area (Å²) in [4.78, 5) is 15.7. The molecule has 0 aliphatic carbocycles. The second-order valence-electron chi connectivity index (χ2n) is 6.37. The molecule has 0 aliphatic heterocycles. The fraction of sp³-hybridized carbons (Fsp3) is 0.211. The van der Waals surface area contributed by atoms with Crippen molar-refractivity contribution in [3.05, 3.63) is 69.7 Å². The van der Waals surface area contributed by atoms with Crippen LogP contribution in [0, 0.1) is 12.7 Å². The van der Waals surface area contributed by atoms with Gasteiger partial charge in [-0.25, -0.2) is 4.39 Å². The van der Waals surface area contributed by atoms with Crippen LogP contribution in [0.5, 0.6) is 0 Å². The van der Waals surface area contributed by atoms with Crippen LogP contribution in [-0.4, -0.2) is 19.7 Å². The summed E-state index contributed by atoms with van der Waals surface area (Å²) in [6, 6.07) is 8.24. The first-order chi connectivity index (χ1) is 12.4. The average Bonchev–Trinajstić information content (AvgIpc) is 3.25. The standard InChI is InChI=1S/C19H17FN4O2/c1-10(12-4-6-13(20)7-5-12)15-9-24(3)19(25)17-14(15)8-16(21-17)18-23-22-11(2)26-18/h4-10,21H,1-3H3. The van der Waals surface area contributed by atoms with E-state index in [9.17, 15) is 9.18 Å². The number of nitrogens with one attached hydrogen (secondary N) is 1. The summed E-state index contributed by atoms with van der Waals surface area (Å²) in [6.07, 6.45) is 1.81. The molecule has 1 atom stereocenters. The summed E-state index contributed by atoms with van der Waals surface area (Å²) in [5, 5.41) is 8.63. The van der Waals surface area contributed by atoms with Gasteiger partial charge in [0.25, 0.3) is 11.4 Å². The lowest BCUT2D eigenvalue weighted by atomic mass is 9.92. The van der Waals surface area contributed by atoms with Gasteiger partial charge in [0.05, 0.1) is 0 Å². The van der Waals surface area contributed by atoms with E-state index >= 15 is 0 Å². The molecule has 0 saturated heterocycles. The van der Waals surface area contributed by atoms with Gasteiger partial charge in [-0.15, -0.1) is 10.2 Å². The normalized spacial score (nSPS) is 12.6. The number of halogens is 1. The van der Waals surface area contributed by atoms with E-state index in [4.69, 9.17) is 4.42 Å². The number of hydrogen-bond donors (Lipinski definition) is 1. The fourth-order valence-corrected chi connectivity index (χ4v) is 3.16. The molecule has 0 radical (unpaired) electrons. The van der Waals surface area contributed by atoms with Gasteiger partial charge in [-0.2, -0.15) is 0 Å². The number of aromatic amines is 1. The molecule has 0 saturated carbocycles. The molecule has 3 heterocycles. The van der Waals surface area contributed by atoms with E-state index in [0.717, 1.165) is 16.5 Å². The third-order valence-electron chi connectivity index (χ3n) is 4.59. The van der Waals surface area contributed by atoms with Gasteiger partial charge in [-0.1, -0.05) is 19.1 Å². The van der Waals surface area contributed by atoms with Crippen molar-refractivity contribution in [2.45, 2.75) is 19.8 Å². The molecule has 7 heteroatoms. The van der Waals surface area contributed by atoms with Crippen molar-refractivity contribution in [3.8, 4) is 11.6 Å². The largest absolute Gasteiger partial charge is 0.420 e. The second-order valence-corrected chi connectivity index (χ2v) is 6.37. The Morgan fingerprint density at radius 3 is 2.62 bits per heavy atom. The van der Waals surface area contributed by atoms with Gasteiger partial charge in [0.1, 0.15) is 17.0 Å². The quantitative estimate of drug-likeness (QED) is 0.612. The molecular formula is C19H17FN4O2. The van der Waals surface area contributed by atoms with Gasteiger partial charge in [0.2, 0.25) is 5.89 Å². The summed E-state index contributed by atoms with van der Waals surface area (Å²) in [5.41, 5.74) is 2.84. The van der Waals surface area contributed by atoms with Gasteiger partial charge < -0.3 is 14.0 Å². The Morgan fingerprint density at radius 2 is 1.96 bits per heavy atom. The van der Waals surface area contributed by atoms with Crippen molar-refractivity contribution in [1.82, 2.24) is 19.7 Å². The topological polar surface area (TPSA) is 76.7 Å². The zero-order valence-corrected chi connectivity index (χ0v) is 14.6. The van der Waals surface area contributed by atoms with Crippen molar-refractivity contribution in [3.63, 3.8) is 0 Å². The lowest BCUT2D eigenvalue weighted by Crippen LogP contribution is -2.18. The number of rotatable bonds is 3. The number of aromatic nitrogens is 4. The van der Waals surface area contributed by atoms with E-state index in [1.54, 1.807) is 26.1 Å². The summed E-state index contributed by atoms with van der Waals surface area (Å²) in [5.74, 6) is 0.479. The van der Waals surface area contributed by atoms with Crippen LogP contribution < -0.4 is 5.56 Å². The molecule has 132 valence electrons. The number of pyridine rings is 1. The molecule has 1 N–H and O–H groups in total. The average molecular weight is 352 g/mol. The molecule has 4 rings (SSSR count). The van der Waals surface area contributed by atoms with Crippen LogP contribution in [0.25, 0.3) is 22.5 Å². The van der Waals surface area contributed by atoms with Crippen LogP contribution in [0.3, 0.4) is 0 Å². The summed E-state index contributed by atoms with van der Waals surface area (Å²) < 4.78 is 20.2. The molecule has 6 nitrogen and oxygen atoms in total. The van der Waals surface area contributed by atoms with E-state index < -0.39 is 0 Å². The molecule has 3 aromatic heterocycles. The highest BCUT2D eigenvalue weighted by molar-refractivity contribution is 5.87. The van der Waals surface area contributed by atoms with Crippen molar-refractivity contribution >= 4 is 10.9 Å². The van der Waals surface area contributed by atoms with Crippen LogP contribution in [0.15, 0.2) is 45.7 Å². The molecule has 4 aromatic rings. The van der Waals surface area contributed by atoms with Crippen LogP contribution >= 0.6 is 0 Å². The highest BCUT2D eigenvalue weighted by Gasteiger charge is 2.19. The van der Waals surface area contributed by atoms with Gasteiger partial charge in [0, 0.05) is 31.5 Å². The zero-order valence-electron chi connectivity index (χ0n) is 14.6. The number of fused-ring (bicyclic) bond motifs is 1. The molecule has 0 fully saturated rings. The molecule has 0 spiro atoms. The van der Waals surface area contributed by atoms with Crippen LogP contribution in [0.2, 0.25) is 0 Å². The SMILES string of the molecule is Cc1nnc(-c2cc3c(C(C)c4ccc(F)cc4)cn(C)c(=O)c3[nH]2)o1. The minimum atomic E-state index is -0.276. The monoisotopic (exact) mass is 352 g/mol. The van der Waals surface area contributed by atoms with Crippen molar-refractivity contribution in [2.75, 3.05) is 0 Å². The first kappa shape index (κ1) is 16.3. The maximum atomic E-state index is 13.2. The van der Waals surface area contributed by atoms with E-state index in [-0.39, 0.29) is 17.3 Å². The Morgan fingerprint density at radius 1 is 1.23 bits per heavy atom. The second kappa shape index (κ2) is 5.94. The smallest absolute Gasteiger partial charge is 0.274 e. The zero-order chi connectivity index (χ0) is 18.4. The first-order valence-electron chi connectivity index (χ1n) is 8.22. The van der Waals surface area contributed by atoms with E-state index in [2.05, 4.69) is 15.2 Å². The summed E-state index contributed by atoms with van der Waals surface area (Å²) >= 11 is 0. The predicted octanol–water partition coefficient (Wildman–Crippen LogP) is 3.52. The third kappa shape index (κ3) is 2.61. The van der Waals surface area contributed by atoms with E-state index in [1.165, 1.54) is 16.7 Å². The minimum Gasteiger partial charge on any atom is -0.420 e. The highest BCUT2D eigenvalue weighted by Crippen LogP contribution is 2.31. The van der Waals surface area contributed by atoms with Crippen LogP contribution in [-0.2, 0) is 7.05 Å². The Kier molecular flexibility index (Phi) is 3.72. The number of nitrogens with zero attached hydrogens (tertiary/aromatic N) is 3. The molecule has 1 unspecified atom stereocenters. The number of benzene rings is 1. The molecule has 0 bridgehead atoms. The van der Waals surface area contributed by atoms with Crippen molar-refractivity contribution in [1.29, 1.82) is 0 Å². The Balaban J connectivity index is 1.91. The van der Waals surface area contributed by atoms with Crippen molar-refractivity contribution < 1.29 is 8.81 Å². The Hall–Kier alpha value is -3.22. The summed E-state index contributed by atoms with van der Waals surface area (Å²) in [6.45, 7) is 3.73. The summed E-state index contributed by atoms with van der Waals surface area (Å²) in [7, 11) is 1.71. The van der Waals surface area contributed by atoms with E-state index in [0.29, 0.717) is 23.0 Å². The van der Waals surface area contributed by atoms with E-state index in [1.807, 2.05) is 19.2 Å². The highest BCUT2D eigenvalue weighted by atomic mass is 19.1. The lowest BCUT2D eigenvalue weighted by molar-refractivity contribution is 0.531. The van der Waals surface area contributed by atoms with Gasteiger partial charge in [-0.05, 0) is 29.3 Å². The van der Waals surface area contributed by atoms with Crippen molar-refractivity contribution in [2.24, 2.45) is 7.05 Å². The third-order valence-corrected chi connectivity index (χ3v) is 4.59. The van der Waals surface area contributed by atoms with Crippen LogP contribution in [0.4, 0.5) is 4.39 Å². The number of hydrogen-bond acceptors (Lipinski definition) is 4. The Bertz CT molecular complexity index is 1150. The number of aryl methyl sites for hydroxylation is 2. The molecule has 26 heavy (non-hydrogen) atoms. The van der Waals surface area contributed by atoms with Crippen LogP contribution in [0.1, 0.15) is 29.9 Å². The molecule has 1 aromatic carbocycles. The fourth-order valence-electron chi connectivity index (χ4n) is 3.16. The number of H-pyrrole nitrogens is 1. The maximum Gasteiger partial charge on any atom is 0.274 e. The van der Waals surface area contributed by atoms with Gasteiger partial charge >= 0.3 is 0 Å². The maximum absolute atomic E-state index is 13.2. The lowest BCUT2D eigenvalue weighted by Gasteiger charge is -2.15. The molecule has 0 amide bonds. The van der Waals surface area contributed by atoms with Gasteiger partial charge in [0.15, 0.2) is 0 Å².